The zero-order chi connectivity index (χ0) is 13.9. The smallest absolute Gasteiger partial charge is 0.0352 e. The summed E-state index contributed by atoms with van der Waals surface area (Å²) in [5.74, 6) is 0. The van der Waals surface area contributed by atoms with E-state index in [-0.39, 0.29) is 6.04 Å². The molecule has 3 rings (SSSR count). The standard InChI is InChI=1S/C18H18N2/c1-2-18(19)14-9-7-13(8-10-14)17-12-20-11-15-5-3-4-6-16(15)17/h3-12,18H,2,19H2,1H3. The van der Waals surface area contributed by atoms with Crippen LogP contribution in [0.4, 0.5) is 0 Å². The second kappa shape index (κ2) is 5.43. The fraction of sp³-hybridized carbons (Fsp3) is 0.167. The molecule has 0 saturated heterocycles. The Labute approximate surface area is 119 Å². The van der Waals surface area contributed by atoms with Crippen molar-refractivity contribution < 1.29 is 0 Å². The summed E-state index contributed by atoms with van der Waals surface area (Å²) in [5, 5.41) is 2.40. The molecule has 0 bridgehead atoms. The molecule has 1 heterocycles. The van der Waals surface area contributed by atoms with Gasteiger partial charge in [-0.1, -0.05) is 55.5 Å². The molecular formula is C18H18N2. The molecule has 1 unspecified atom stereocenters. The van der Waals surface area contributed by atoms with Crippen LogP contribution in [0.25, 0.3) is 21.9 Å². The molecule has 0 spiro atoms. The van der Waals surface area contributed by atoms with E-state index in [1.807, 2.05) is 18.5 Å². The van der Waals surface area contributed by atoms with Crippen molar-refractivity contribution in [2.45, 2.75) is 19.4 Å². The van der Waals surface area contributed by atoms with E-state index in [2.05, 4.69) is 54.4 Å². The van der Waals surface area contributed by atoms with Gasteiger partial charge in [-0.2, -0.15) is 0 Å². The maximum Gasteiger partial charge on any atom is 0.0352 e. The lowest BCUT2D eigenvalue weighted by molar-refractivity contribution is 0.699. The molecule has 0 amide bonds. The fourth-order valence-electron chi connectivity index (χ4n) is 2.49. The third kappa shape index (κ3) is 2.30. The van der Waals surface area contributed by atoms with E-state index in [0.717, 1.165) is 6.42 Å². The molecule has 2 nitrogen and oxygen atoms in total. The van der Waals surface area contributed by atoms with Crippen molar-refractivity contribution in [3.63, 3.8) is 0 Å². The number of hydrogen-bond acceptors (Lipinski definition) is 2. The van der Waals surface area contributed by atoms with Crippen LogP contribution in [0.3, 0.4) is 0 Å². The molecule has 2 N–H and O–H groups in total. The molecule has 100 valence electrons. The number of hydrogen-bond donors (Lipinski definition) is 1. The number of nitrogens with zero attached hydrogens (tertiary/aromatic N) is 1. The van der Waals surface area contributed by atoms with Gasteiger partial charge in [0.15, 0.2) is 0 Å². The first-order valence-corrected chi connectivity index (χ1v) is 6.98. The highest BCUT2D eigenvalue weighted by atomic mass is 14.6. The van der Waals surface area contributed by atoms with Crippen LogP contribution < -0.4 is 5.73 Å². The number of benzene rings is 2. The Bertz CT molecular complexity index is 712. The molecular weight excluding hydrogens is 244 g/mol. The topological polar surface area (TPSA) is 38.9 Å². The van der Waals surface area contributed by atoms with Crippen molar-refractivity contribution in [2.75, 3.05) is 0 Å². The molecule has 0 radical (unpaired) electrons. The largest absolute Gasteiger partial charge is 0.324 e. The molecule has 0 aliphatic heterocycles. The predicted molar refractivity (Wildman–Crippen MR) is 84.4 cm³/mol. The van der Waals surface area contributed by atoms with Gasteiger partial charge in [0.25, 0.3) is 0 Å². The summed E-state index contributed by atoms with van der Waals surface area (Å²) < 4.78 is 0. The lowest BCUT2D eigenvalue weighted by atomic mass is 9.98. The third-order valence-electron chi connectivity index (χ3n) is 3.76. The van der Waals surface area contributed by atoms with Crippen molar-refractivity contribution in [3.05, 3.63) is 66.5 Å². The first kappa shape index (κ1) is 12.8. The van der Waals surface area contributed by atoms with Crippen LogP contribution in [0.2, 0.25) is 0 Å². The molecule has 1 aromatic heterocycles. The minimum atomic E-state index is 0.120. The Morgan fingerprint density at radius 1 is 1.00 bits per heavy atom. The van der Waals surface area contributed by atoms with Gasteiger partial charge in [0.1, 0.15) is 0 Å². The second-order valence-corrected chi connectivity index (χ2v) is 5.04. The number of pyridine rings is 1. The molecule has 3 aromatic rings. The van der Waals surface area contributed by atoms with Crippen LogP contribution in [-0.4, -0.2) is 4.98 Å². The van der Waals surface area contributed by atoms with Gasteiger partial charge in [0, 0.05) is 29.4 Å². The van der Waals surface area contributed by atoms with Crippen molar-refractivity contribution in [1.29, 1.82) is 0 Å². The Hall–Kier alpha value is -2.19. The van der Waals surface area contributed by atoms with E-state index in [1.165, 1.54) is 27.5 Å². The zero-order valence-corrected chi connectivity index (χ0v) is 11.6. The van der Waals surface area contributed by atoms with E-state index in [0.29, 0.717) is 0 Å². The van der Waals surface area contributed by atoms with E-state index >= 15 is 0 Å². The quantitative estimate of drug-likeness (QED) is 0.763. The van der Waals surface area contributed by atoms with Gasteiger partial charge in [-0.25, -0.2) is 0 Å². The Kier molecular flexibility index (Phi) is 3.48. The van der Waals surface area contributed by atoms with Gasteiger partial charge in [-0.05, 0) is 22.9 Å². The fourth-order valence-corrected chi connectivity index (χ4v) is 2.49. The summed E-state index contributed by atoms with van der Waals surface area (Å²) in [6, 6.07) is 16.9. The van der Waals surface area contributed by atoms with E-state index in [4.69, 9.17) is 5.73 Å². The summed E-state index contributed by atoms with van der Waals surface area (Å²) in [5.41, 5.74) is 9.59. The molecule has 20 heavy (non-hydrogen) atoms. The first-order chi connectivity index (χ1) is 9.79. The minimum absolute atomic E-state index is 0.120. The van der Waals surface area contributed by atoms with Crippen molar-refractivity contribution >= 4 is 10.8 Å². The number of fused-ring (bicyclic) bond motifs is 1. The highest BCUT2D eigenvalue weighted by molar-refractivity contribution is 5.95. The summed E-state index contributed by atoms with van der Waals surface area (Å²) in [6.45, 7) is 2.10. The van der Waals surface area contributed by atoms with E-state index in [9.17, 15) is 0 Å². The van der Waals surface area contributed by atoms with Crippen LogP contribution in [0.15, 0.2) is 60.9 Å². The summed E-state index contributed by atoms with van der Waals surface area (Å²) in [6.07, 6.45) is 4.78. The Morgan fingerprint density at radius 2 is 1.75 bits per heavy atom. The first-order valence-electron chi connectivity index (χ1n) is 6.98. The normalized spacial score (nSPS) is 12.5. The average Bonchev–Trinajstić information content (AvgIpc) is 2.54. The second-order valence-electron chi connectivity index (χ2n) is 5.04. The van der Waals surface area contributed by atoms with Gasteiger partial charge < -0.3 is 5.73 Å². The van der Waals surface area contributed by atoms with Crippen molar-refractivity contribution in [2.24, 2.45) is 5.73 Å². The SMILES string of the molecule is CCC(N)c1ccc(-c2cncc3ccccc23)cc1. The lowest BCUT2D eigenvalue weighted by Crippen LogP contribution is -2.08. The van der Waals surface area contributed by atoms with Crippen LogP contribution >= 0.6 is 0 Å². The van der Waals surface area contributed by atoms with Crippen molar-refractivity contribution in [3.8, 4) is 11.1 Å². The van der Waals surface area contributed by atoms with Crippen LogP contribution in [0.1, 0.15) is 24.9 Å². The zero-order valence-electron chi connectivity index (χ0n) is 11.6. The van der Waals surface area contributed by atoms with Gasteiger partial charge in [-0.15, -0.1) is 0 Å². The maximum absolute atomic E-state index is 6.06. The monoisotopic (exact) mass is 262 g/mol. The summed E-state index contributed by atoms with van der Waals surface area (Å²) in [4.78, 5) is 4.34. The third-order valence-corrected chi connectivity index (χ3v) is 3.76. The molecule has 2 aromatic carbocycles. The van der Waals surface area contributed by atoms with Crippen LogP contribution in [-0.2, 0) is 0 Å². The number of nitrogens with two attached hydrogens (primary N) is 1. The van der Waals surface area contributed by atoms with Gasteiger partial charge in [0.2, 0.25) is 0 Å². The van der Waals surface area contributed by atoms with Gasteiger partial charge in [0.05, 0.1) is 0 Å². The van der Waals surface area contributed by atoms with Crippen molar-refractivity contribution in [1.82, 2.24) is 4.98 Å². The predicted octanol–water partition coefficient (Wildman–Crippen LogP) is 4.31. The Morgan fingerprint density at radius 3 is 2.50 bits per heavy atom. The summed E-state index contributed by atoms with van der Waals surface area (Å²) in [7, 11) is 0. The number of rotatable bonds is 3. The highest BCUT2D eigenvalue weighted by Crippen LogP contribution is 2.28. The van der Waals surface area contributed by atoms with E-state index in [1.54, 1.807) is 0 Å². The molecule has 0 fully saturated rings. The highest BCUT2D eigenvalue weighted by Gasteiger charge is 2.06. The molecule has 0 aliphatic carbocycles. The van der Waals surface area contributed by atoms with Gasteiger partial charge in [-0.3, -0.25) is 4.98 Å². The lowest BCUT2D eigenvalue weighted by Gasteiger charge is -2.11. The molecule has 2 heteroatoms. The van der Waals surface area contributed by atoms with Crippen LogP contribution in [0, 0.1) is 0 Å². The molecule has 0 saturated carbocycles. The van der Waals surface area contributed by atoms with E-state index < -0.39 is 0 Å². The maximum atomic E-state index is 6.06. The Balaban J connectivity index is 2.07. The minimum Gasteiger partial charge on any atom is -0.324 e. The molecule has 0 aliphatic rings. The van der Waals surface area contributed by atoms with Gasteiger partial charge >= 0.3 is 0 Å². The van der Waals surface area contributed by atoms with Crippen LogP contribution in [0.5, 0.6) is 0 Å². The number of aromatic nitrogens is 1. The average molecular weight is 262 g/mol. The molecule has 1 atom stereocenters. The summed E-state index contributed by atoms with van der Waals surface area (Å²) >= 11 is 0.